The molecule has 0 saturated carbocycles. The monoisotopic (exact) mass is 437 g/mol. The lowest BCUT2D eigenvalue weighted by Crippen LogP contribution is -2.55. The number of hydrogen-bond donors (Lipinski definition) is 0. The lowest BCUT2D eigenvalue weighted by molar-refractivity contribution is -0.157. The van der Waals surface area contributed by atoms with Gasteiger partial charge >= 0.3 is 0 Å². The van der Waals surface area contributed by atoms with Crippen molar-refractivity contribution in [2.45, 2.75) is 38.0 Å². The van der Waals surface area contributed by atoms with Gasteiger partial charge in [0.1, 0.15) is 17.0 Å². The third-order valence-electron chi connectivity index (χ3n) is 5.04. The molecule has 0 amide bonds. The summed E-state index contributed by atoms with van der Waals surface area (Å²) in [5.74, 6) is 0.945. The molecule has 0 bridgehead atoms. The fourth-order valence-electron chi connectivity index (χ4n) is 4.17. The molecule has 2 heterocycles. The van der Waals surface area contributed by atoms with E-state index in [1.807, 2.05) is 6.07 Å². The predicted molar refractivity (Wildman–Crippen MR) is 110 cm³/mol. The van der Waals surface area contributed by atoms with Crippen LogP contribution in [-0.4, -0.2) is 30.2 Å². The first kappa shape index (κ1) is 19.7. The van der Waals surface area contributed by atoms with Crippen molar-refractivity contribution in [2.75, 3.05) is 19.7 Å². The molecule has 2 aromatic carbocycles. The van der Waals surface area contributed by atoms with E-state index in [1.54, 1.807) is 0 Å². The zero-order chi connectivity index (χ0) is 17.5. The number of fused-ring (bicyclic) bond motifs is 2. The summed E-state index contributed by atoms with van der Waals surface area (Å²) in [6, 6.07) is 16.9. The molecular weight excluding hydrogens is 414 g/mol. The lowest BCUT2D eigenvalue weighted by atomic mass is 9.79. The summed E-state index contributed by atoms with van der Waals surface area (Å²) in [6.45, 7) is 7.85. The first-order valence-corrected chi connectivity index (χ1v) is 9.64. The third kappa shape index (κ3) is 3.94. The molecule has 3 nitrogen and oxygen atoms in total. The molecule has 1 unspecified atom stereocenters. The largest absolute Gasteiger partial charge is 0.487 e. The van der Waals surface area contributed by atoms with Crippen molar-refractivity contribution in [2.24, 2.45) is 0 Å². The van der Waals surface area contributed by atoms with Gasteiger partial charge < -0.3 is 9.47 Å². The second kappa shape index (κ2) is 7.51. The molecule has 4 rings (SSSR count). The first-order chi connectivity index (χ1) is 12.0. The highest BCUT2D eigenvalue weighted by Crippen LogP contribution is 2.48. The molecule has 1 spiro atoms. The van der Waals surface area contributed by atoms with Gasteiger partial charge in [0.25, 0.3) is 0 Å². The van der Waals surface area contributed by atoms with Crippen LogP contribution in [0.3, 0.4) is 0 Å². The molecule has 0 aromatic heterocycles. The number of benzene rings is 2. The standard InChI is InChI=1S/C21H24BrNO2.ClH/c1-20(2)14-21(18-12-17(22)8-9-19(18)25-20)15-23(10-11-24-21)13-16-6-4-3-5-7-16;/h3-9,12H,10-11,13-15H2,1-2H3;1H. The molecule has 5 heteroatoms. The van der Waals surface area contributed by atoms with Crippen LogP contribution in [0.1, 0.15) is 31.4 Å². The Morgan fingerprint density at radius 1 is 1.12 bits per heavy atom. The molecule has 1 saturated heterocycles. The van der Waals surface area contributed by atoms with Crippen molar-refractivity contribution >= 4 is 28.3 Å². The highest BCUT2D eigenvalue weighted by atomic mass is 79.9. The van der Waals surface area contributed by atoms with E-state index < -0.39 is 0 Å². The van der Waals surface area contributed by atoms with E-state index in [2.05, 4.69) is 77.1 Å². The maximum atomic E-state index is 6.45. The Balaban J connectivity index is 0.00000196. The average molecular weight is 439 g/mol. The molecule has 0 aliphatic carbocycles. The maximum Gasteiger partial charge on any atom is 0.126 e. The van der Waals surface area contributed by atoms with Gasteiger partial charge in [-0.15, -0.1) is 12.4 Å². The first-order valence-electron chi connectivity index (χ1n) is 8.85. The van der Waals surface area contributed by atoms with Crippen molar-refractivity contribution in [3.05, 3.63) is 64.1 Å². The van der Waals surface area contributed by atoms with Crippen molar-refractivity contribution in [3.63, 3.8) is 0 Å². The molecule has 2 aliphatic heterocycles. The SMILES string of the molecule is CC1(C)CC2(CN(Cc3ccccc3)CCO2)c2cc(Br)ccc2O1.Cl. The van der Waals surface area contributed by atoms with Gasteiger partial charge in [0.15, 0.2) is 0 Å². The van der Waals surface area contributed by atoms with Crippen molar-refractivity contribution in [3.8, 4) is 5.75 Å². The summed E-state index contributed by atoms with van der Waals surface area (Å²) < 4.78 is 13.8. The Bertz CT molecular complexity index is 768. The van der Waals surface area contributed by atoms with Gasteiger partial charge in [-0.3, -0.25) is 4.90 Å². The summed E-state index contributed by atoms with van der Waals surface area (Å²) in [4.78, 5) is 2.50. The van der Waals surface area contributed by atoms with Gasteiger partial charge in [0.2, 0.25) is 0 Å². The Labute approximate surface area is 170 Å². The van der Waals surface area contributed by atoms with Crippen LogP contribution in [0.25, 0.3) is 0 Å². The fraction of sp³-hybridized carbons (Fsp3) is 0.429. The Morgan fingerprint density at radius 2 is 1.88 bits per heavy atom. The van der Waals surface area contributed by atoms with Crippen LogP contribution in [-0.2, 0) is 16.9 Å². The molecule has 0 N–H and O–H groups in total. The highest BCUT2D eigenvalue weighted by molar-refractivity contribution is 9.10. The normalized spacial score (nSPS) is 24.4. The van der Waals surface area contributed by atoms with Crippen LogP contribution in [0.2, 0.25) is 0 Å². The van der Waals surface area contributed by atoms with Crippen molar-refractivity contribution < 1.29 is 9.47 Å². The third-order valence-corrected chi connectivity index (χ3v) is 5.54. The van der Waals surface area contributed by atoms with Crippen LogP contribution in [0.5, 0.6) is 5.75 Å². The van der Waals surface area contributed by atoms with Gasteiger partial charge in [0.05, 0.1) is 6.61 Å². The van der Waals surface area contributed by atoms with Crippen LogP contribution in [0, 0.1) is 0 Å². The van der Waals surface area contributed by atoms with Gasteiger partial charge in [-0.25, -0.2) is 0 Å². The van der Waals surface area contributed by atoms with E-state index >= 15 is 0 Å². The van der Waals surface area contributed by atoms with Crippen LogP contribution in [0.4, 0.5) is 0 Å². The number of ether oxygens (including phenoxy) is 2. The Morgan fingerprint density at radius 3 is 2.65 bits per heavy atom. The minimum absolute atomic E-state index is 0. The molecular formula is C21H25BrClNO2. The van der Waals surface area contributed by atoms with Gasteiger partial charge in [-0.1, -0.05) is 46.3 Å². The molecule has 1 atom stereocenters. The molecule has 2 aliphatic rings. The number of nitrogens with zero attached hydrogens (tertiary/aromatic N) is 1. The minimum atomic E-state index is -0.312. The fourth-order valence-corrected chi connectivity index (χ4v) is 4.53. The predicted octanol–water partition coefficient (Wildman–Crippen LogP) is 5.16. The molecule has 2 aromatic rings. The Hall–Kier alpha value is -1.07. The second-order valence-corrected chi connectivity index (χ2v) is 8.63. The Kier molecular flexibility index (Phi) is 5.69. The zero-order valence-corrected chi connectivity index (χ0v) is 17.6. The van der Waals surface area contributed by atoms with E-state index in [-0.39, 0.29) is 23.6 Å². The van der Waals surface area contributed by atoms with Gasteiger partial charge in [-0.2, -0.15) is 0 Å². The van der Waals surface area contributed by atoms with Crippen LogP contribution >= 0.6 is 28.3 Å². The van der Waals surface area contributed by atoms with E-state index in [0.717, 1.165) is 42.9 Å². The number of halogens is 2. The summed E-state index contributed by atoms with van der Waals surface area (Å²) in [5, 5.41) is 0. The minimum Gasteiger partial charge on any atom is -0.487 e. The topological polar surface area (TPSA) is 21.7 Å². The van der Waals surface area contributed by atoms with Crippen molar-refractivity contribution in [1.29, 1.82) is 0 Å². The van der Waals surface area contributed by atoms with E-state index in [0.29, 0.717) is 0 Å². The van der Waals surface area contributed by atoms with Crippen LogP contribution < -0.4 is 4.74 Å². The lowest BCUT2D eigenvalue weighted by Gasteiger charge is -2.50. The molecule has 140 valence electrons. The van der Waals surface area contributed by atoms with Gasteiger partial charge in [0, 0.05) is 36.1 Å². The van der Waals surface area contributed by atoms with E-state index in [4.69, 9.17) is 9.47 Å². The summed E-state index contributed by atoms with van der Waals surface area (Å²) >= 11 is 3.61. The smallest absolute Gasteiger partial charge is 0.126 e. The number of morpholine rings is 1. The van der Waals surface area contributed by atoms with Crippen LogP contribution in [0.15, 0.2) is 53.0 Å². The summed E-state index contributed by atoms with van der Waals surface area (Å²) in [7, 11) is 0. The average Bonchev–Trinajstić information content (AvgIpc) is 2.56. The summed E-state index contributed by atoms with van der Waals surface area (Å²) in [5.41, 5.74) is 1.96. The maximum absolute atomic E-state index is 6.45. The second-order valence-electron chi connectivity index (χ2n) is 7.72. The molecule has 26 heavy (non-hydrogen) atoms. The van der Waals surface area contributed by atoms with Crippen molar-refractivity contribution in [1.82, 2.24) is 4.90 Å². The zero-order valence-electron chi connectivity index (χ0n) is 15.2. The number of rotatable bonds is 2. The molecule has 0 radical (unpaired) electrons. The van der Waals surface area contributed by atoms with Gasteiger partial charge in [-0.05, 0) is 37.6 Å². The number of hydrogen-bond acceptors (Lipinski definition) is 3. The quantitative estimate of drug-likeness (QED) is 0.646. The van der Waals surface area contributed by atoms with E-state index in [1.165, 1.54) is 11.1 Å². The summed E-state index contributed by atoms with van der Waals surface area (Å²) in [6.07, 6.45) is 0.856. The van der Waals surface area contributed by atoms with E-state index in [9.17, 15) is 0 Å². The highest BCUT2D eigenvalue weighted by Gasteiger charge is 2.48. The molecule has 1 fully saturated rings.